The zero-order chi connectivity index (χ0) is 30.3. The van der Waals surface area contributed by atoms with Crippen molar-refractivity contribution in [3.63, 3.8) is 0 Å². The minimum absolute atomic E-state index is 0.00945. The molecule has 2 unspecified atom stereocenters. The number of aryl methyl sites for hydroxylation is 1. The molecular weight excluding hydrogens is 554 g/mol. The van der Waals surface area contributed by atoms with Crippen molar-refractivity contribution in [1.29, 1.82) is 0 Å². The van der Waals surface area contributed by atoms with E-state index in [-0.39, 0.29) is 24.1 Å². The molecule has 1 saturated heterocycles. The monoisotopic (exact) mass is 591 g/mol. The van der Waals surface area contributed by atoms with E-state index in [1.165, 1.54) is 0 Å². The summed E-state index contributed by atoms with van der Waals surface area (Å²) in [6.07, 6.45) is 1.29. The molecule has 0 aliphatic carbocycles. The van der Waals surface area contributed by atoms with Crippen LogP contribution in [0.15, 0.2) is 48.7 Å². The number of nitrogens with one attached hydrogen (secondary N) is 1. The fourth-order valence-electron chi connectivity index (χ4n) is 5.43. The van der Waals surface area contributed by atoms with Crippen LogP contribution in [0.3, 0.4) is 0 Å². The summed E-state index contributed by atoms with van der Waals surface area (Å²) in [4.78, 5) is 42.9. The van der Waals surface area contributed by atoms with E-state index >= 15 is 0 Å². The van der Waals surface area contributed by atoms with Gasteiger partial charge in [-0.2, -0.15) is 4.98 Å². The summed E-state index contributed by atoms with van der Waals surface area (Å²) in [5.41, 5.74) is 3.39. The van der Waals surface area contributed by atoms with Crippen molar-refractivity contribution in [2.45, 2.75) is 59.2 Å². The maximum absolute atomic E-state index is 13.4. The predicted octanol–water partition coefficient (Wildman–Crippen LogP) is 6.07. The molecule has 1 N–H and O–H groups in total. The van der Waals surface area contributed by atoms with Gasteiger partial charge in [-0.25, -0.2) is 9.78 Å². The molecule has 0 bridgehead atoms. The van der Waals surface area contributed by atoms with Crippen LogP contribution in [0.4, 0.5) is 33.6 Å². The SMILES string of the molecule is Cc1cccc(Cl)c1N1CN(C)c2nc(Nc3ccc(N4CC(C)N(C(=O)OC(C)(C)C)CC4C)cc3)ncc2C1=O. The minimum Gasteiger partial charge on any atom is -0.444 e. The second kappa shape index (κ2) is 11.3. The first kappa shape index (κ1) is 29.4. The second-order valence-corrected chi connectivity index (χ2v) is 12.5. The second-order valence-electron chi connectivity index (χ2n) is 12.1. The van der Waals surface area contributed by atoms with E-state index in [4.69, 9.17) is 16.3 Å². The van der Waals surface area contributed by atoms with Crippen LogP contribution < -0.4 is 20.0 Å². The number of nitrogens with zero attached hydrogens (tertiary/aromatic N) is 6. The third-order valence-electron chi connectivity index (χ3n) is 7.49. The highest BCUT2D eigenvalue weighted by molar-refractivity contribution is 6.34. The predicted molar refractivity (Wildman–Crippen MR) is 167 cm³/mol. The average Bonchev–Trinajstić information content (AvgIpc) is 2.92. The standard InChI is InChI=1S/C31H38ClN7O3/c1-19-9-8-10-25(32)26(19)39-18-36(7)27-24(28(39)40)15-33-29(35-27)34-22-11-13-23(14-12-22)37-16-21(3)38(17-20(37)2)30(41)42-31(4,5)6/h8-15,20-21H,16-18H2,1-7H3,(H,33,34,35). The maximum Gasteiger partial charge on any atom is 0.410 e. The molecule has 3 heterocycles. The van der Waals surface area contributed by atoms with E-state index in [0.717, 1.165) is 16.9 Å². The lowest BCUT2D eigenvalue weighted by Gasteiger charge is -2.45. The van der Waals surface area contributed by atoms with E-state index in [1.807, 2.05) is 87.9 Å². The van der Waals surface area contributed by atoms with Crippen LogP contribution in [0.1, 0.15) is 50.5 Å². The van der Waals surface area contributed by atoms with Gasteiger partial charge in [0.25, 0.3) is 5.91 Å². The van der Waals surface area contributed by atoms with Gasteiger partial charge in [-0.3, -0.25) is 9.69 Å². The quantitative estimate of drug-likeness (QED) is 0.391. The third-order valence-corrected chi connectivity index (χ3v) is 7.79. The van der Waals surface area contributed by atoms with Crippen LogP contribution in [0.2, 0.25) is 5.02 Å². The van der Waals surface area contributed by atoms with Crippen LogP contribution >= 0.6 is 11.6 Å². The number of amides is 2. The number of halogens is 1. The number of fused-ring (bicyclic) bond motifs is 1. The number of hydrogen-bond acceptors (Lipinski definition) is 8. The van der Waals surface area contributed by atoms with Gasteiger partial charge < -0.3 is 24.8 Å². The van der Waals surface area contributed by atoms with Gasteiger partial charge >= 0.3 is 6.09 Å². The summed E-state index contributed by atoms with van der Waals surface area (Å²) in [6.45, 7) is 13.3. The number of aromatic nitrogens is 2. The van der Waals surface area contributed by atoms with Crippen LogP contribution in [0.5, 0.6) is 0 Å². The van der Waals surface area contributed by atoms with E-state index in [1.54, 1.807) is 17.2 Å². The molecule has 5 rings (SSSR count). The Morgan fingerprint density at radius 3 is 2.45 bits per heavy atom. The lowest BCUT2D eigenvalue weighted by molar-refractivity contribution is 0.0130. The van der Waals surface area contributed by atoms with Crippen molar-refractivity contribution in [1.82, 2.24) is 14.9 Å². The summed E-state index contributed by atoms with van der Waals surface area (Å²) in [7, 11) is 1.89. The molecule has 0 radical (unpaired) electrons. The Hall–Kier alpha value is -4.05. The summed E-state index contributed by atoms with van der Waals surface area (Å²) in [5, 5.41) is 3.79. The van der Waals surface area contributed by atoms with E-state index in [2.05, 4.69) is 27.1 Å². The number of anilines is 5. The number of para-hydroxylation sites is 1. The highest BCUT2D eigenvalue weighted by Crippen LogP contribution is 2.35. The Bertz CT molecular complexity index is 1470. The van der Waals surface area contributed by atoms with Gasteiger partial charge in [0.15, 0.2) is 0 Å². The molecule has 1 aromatic heterocycles. The number of benzene rings is 2. The number of carbonyl (C=O) groups is 2. The third kappa shape index (κ3) is 5.94. The van der Waals surface area contributed by atoms with Crippen LogP contribution in [-0.2, 0) is 4.74 Å². The lowest BCUT2D eigenvalue weighted by atomic mass is 10.1. The van der Waals surface area contributed by atoms with E-state index in [9.17, 15) is 9.59 Å². The van der Waals surface area contributed by atoms with Gasteiger partial charge in [0.2, 0.25) is 5.95 Å². The van der Waals surface area contributed by atoms with Gasteiger partial charge in [0.1, 0.15) is 17.0 Å². The maximum atomic E-state index is 13.4. The minimum atomic E-state index is -0.525. The highest BCUT2D eigenvalue weighted by atomic mass is 35.5. The molecule has 2 aliphatic heterocycles. The van der Waals surface area contributed by atoms with Crippen molar-refractivity contribution >= 4 is 52.4 Å². The molecule has 0 spiro atoms. The topological polar surface area (TPSA) is 94.1 Å². The fourth-order valence-corrected chi connectivity index (χ4v) is 5.75. The summed E-state index contributed by atoms with van der Waals surface area (Å²) in [6, 6.07) is 13.8. The number of hydrogen-bond donors (Lipinski definition) is 1. The summed E-state index contributed by atoms with van der Waals surface area (Å²) < 4.78 is 5.61. The van der Waals surface area contributed by atoms with Crippen LogP contribution in [0, 0.1) is 6.92 Å². The molecule has 2 aliphatic rings. The van der Waals surface area contributed by atoms with Crippen LogP contribution in [0.25, 0.3) is 0 Å². The van der Waals surface area contributed by atoms with Crippen molar-refractivity contribution in [2.24, 2.45) is 0 Å². The first-order valence-corrected chi connectivity index (χ1v) is 14.5. The Labute approximate surface area is 252 Å². The summed E-state index contributed by atoms with van der Waals surface area (Å²) >= 11 is 6.46. The molecule has 0 saturated carbocycles. The average molecular weight is 592 g/mol. The van der Waals surface area contributed by atoms with Gasteiger partial charge in [0, 0.05) is 49.8 Å². The first-order valence-electron chi connectivity index (χ1n) is 14.1. The molecule has 42 heavy (non-hydrogen) atoms. The zero-order valence-corrected chi connectivity index (χ0v) is 25.9. The molecule has 11 heteroatoms. The smallest absolute Gasteiger partial charge is 0.410 e. The van der Waals surface area contributed by atoms with Crippen molar-refractivity contribution in [3.05, 3.63) is 64.8 Å². The Morgan fingerprint density at radius 2 is 1.79 bits per heavy atom. The molecular formula is C31H38ClN7O3. The Morgan fingerprint density at radius 1 is 1.07 bits per heavy atom. The van der Waals surface area contributed by atoms with Crippen molar-refractivity contribution in [3.8, 4) is 0 Å². The van der Waals surface area contributed by atoms with Gasteiger partial charge in [-0.15, -0.1) is 0 Å². The molecule has 10 nitrogen and oxygen atoms in total. The molecule has 3 aromatic rings. The van der Waals surface area contributed by atoms with Crippen molar-refractivity contribution in [2.75, 3.05) is 46.8 Å². The molecule has 2 amide bonds. The fraction of sp³-hybridized carbons (Fsp3) is 0.419. The normalized spacial score (nSPS) is 19.1. The van der Waals surface area contributed by atoms with Gasteiger partial charge in [-0.05, 0) is 77.4 Å². The lowest BCUT2D eigenvalue weighted by Crippen LogP contribution is -2.59. The molecule has 222 valence electrons. The van der Waals surface area contributed by atoms with Gasteiger partial charge in [0.05, 0.1) is 17.4 Å². The van der Waals surface area contributed by atoms with Crippen molar-refractivity contribution < 1.29 is 14.3 Å². The Balaban J connectivity index is 1.27. The molecule has 2 aromatic carbocycles. The van der Waals surface area contributed by atoms with E-state index in [0.29, 0.717) is 47.8 Å². The molecule has 2 atom stereocenters. The molecule has 1 fully saturated rings. The van der Waals surface area contributed by atoms with Gasteiger partial charge in [-0.1, -0.05) is 23.7 Å². The van der Waals surface area contributed by atoms with E-state index < -0.39 is 5.60 Å². The number of carbonyl (C=O) groups excluding carboxylic acids is 2. The highest BCUT2D eigenvalue weighted by Gasteiger charge is 2.35. The van der Waals surface area contributed by atoms with Crippen LogP contribution in [-0.4, -0.2) is 71.4 Å². The largest absolute Gasteiger partial charge is 0.444 e. The summed E-state index contributed by atoms with van der Waals surface area (Å²) in [5.74, 6) is 0.766. The number of ether oxygens (including phenoxy) is 1. The Kier molecular flexibility index (Phi) is 7.94. The number of rotatable bonds is 4. The zero-order valence-electron chi connectivity index (χ0n) is 25.2. The first-order chi connectivity index (χ1) is 19.8. The number of piperazine rings is 1.